The minimum atomic E-state index is -0.290. The van der Waals surface area contributed by atoms with Crippen molar-refractivity contribution in [3.05, 3.63) is 65.2 Å². The Balaban J connectivity index is 1.45. The van der Waals surface area contributed by atoms with Gasteiger partial charge in [-0.3, -0.25) is 14.4 Å². The zero-order chi connectivity index (χ0) is 22.4. The van der Waals surface area contributed by atoms with E-state index in [1.165, 1.54) is 0 Å². The molecular formula is C24H31N4O3+. The topological polar surface area (TPSA) is 82.9 Å². The highest BCUT2D eigenvalue weighted by Crippen LogP contribution is 2.18. The van der Waals surface area contributed by atoms with Crippen LogP contribution in [0.2, 0.25) is 0 Å². The van der Waals surface area contributed by atoms with Gasteiger partial charge in [0.25, 0.3) is 11.8 Å². The van der Waals surface area contributed by atoms with E-state index in [4.69, 9.17) is 0 Å². The summed E-state index contributed by atoms with van der Waals surface area (Å²) in [5.41, 5.74) is 3.45. The quantitative estimate of drug-likeness (QED) is 0.642. The lowest BCUT2D eigenvalue weighted by atomic mass is 10.1. The van der Waals surface area contributed by atoms with E-state index in [0.29, 0.717) is 31.7 Å². The Labute approximate surface area is 183 Å². The second kappa shape index (κ2) is 10.2. The van der Waals surface area contributed by atoms with Gasteiger partial charge in [-0.15, -0.1) is 0 Å². The van der Waals surface area contributed by atoms with Crippen LogP contribution in [-0.4, -0.2) is 61.4 Å². The molecule has 2 aromatic rings. The summed E-state index contributed by atoms with van der Waals surface area (Å²) < 4.78 is 0. The number of quaternary nitrogens is 1. The van der Waals surface area contributed by atoms with E-state index in [1.54, 1.807) is 0 Å². The minimum absolute atomic E-state index is 0.0277. The van der Waals surface area contributed by atoms with Crippen LogP contribution in [0.4, 0.5) is 5.69 Å². The lowest BCUT2D eigenvalue weighted by molar-refractivity contribution is -0.917. The zero-order valence-corrected chi connectivity index (χ0v) is 18.4. The molecule has 0 radical (unpaired) electrons. The van der Waals surface area contributed by atoms with E-state index in [9.17, 15) is 14.4 Å². The molecule has 7 heteroatoms. The molecule has 2 aromatic carbocycles. The molecule has 0 aliphatic carbocycles. The molecular weight excluding hydrogens is 392 g/mol. The smallest absolute Gasteiger partial charge is 0.278 e. The standard InChI is InChI=1S/C24H30N4O3/c1-17-8-7-9-18(2)22(17)26-21(29)16-25-23(30)19(3)27-12-14-28(15-13-27)24(31)20-10-5-4-6-11-20/h4-11,19H,12-16H2,1-3H3,(H,25,30)(H,26,29)/p+1/t19-/m0/s1. The van der Waals surface area contributed by atoms with Gasteiger partial charge in [0, 0.05) is 11.3 Å². The third kappa shape index (κ3) is 5.70. The molecule has 1 aliphatic rings. The summed E-state index contributed by atoms with van der Waals surface area (Å²) in [5, 5.41) is 5.63. The predicted molar refractivity (Wildman–Crippen MR) is 120 cm³/mol. The molecule has 1 saturated heterocycles. The van der Waals surface area contributed by atoms with Crippen LogP contribution in [0.3, 0.4) is 0 Å². The van der Waals surface area contributed by atoms with Crippen LogP contribution in [0, 0.1) is 13.8 Å². The Bertz CT molecular complexity index is 917. The van der Waals surface area contributed by atoms with Crippen LogP contribution >= 0.6 is 0 Å². The van der Waals surface area contributed by atoms with Gasteiger partial charge in [-0.1, -0.05) is 36.4 Å². The maximum Gasteiger partial charge on any atom is 0.278 e. The largest absolute Gasteiger partial charge is 0.342 e. The molecule has 7 nitrogen and oxygen atoms in total. The molecule has 0 bridgehead atoms. The molecule has 31 heavy (non-hydrogen) atoms. The van der Waals surface area contributed by atoms with E-state index < -0.39 is 0 Å². The molecule has 1 fully saturated rings. The fourth-order valence-electron chi connectivity index (χ4n) is 3.89. The van der Waals surface area contributed by atoms with Gasteiger partial charge in [-0.2, -0.15) is 0 Å². The van der Waals surface area contributed by atoms with Crippen molar-refractivity contribution in [2.24, 2.45) is 0 Å². The predicted octanol–water partition coefficient (Wildman–Crippen LogP) is 0.788. The number of benzene rings is 2. The van der Waals surface area contributed by atoms with Gasteiger partial charge in [0.2, 0.25) is 5.91 Å². The number of nitrogens with one attached hydrogen (secondary N) is 3. The third-order valence-corrected chi connectivity index (χ3v) is 5.89. The average molecular weight is 424 g/mol. The average Bonchev–Trinajstić information content (AvgIpc) is 2.79. The lowest BCUT2D eigenvalue weighted by Crippen LogP contribution is -3.19. The summed E-state index contributed by atoms with van der Waals surface area (Å²) in [6.07, 6.45) is 0. The van der Waals surface area contributed by atoms with Crippen molar-refractivity contribution in [3.8, 4) is 0 Å². The van der Waals surface area contributed by atoms with E-state index in [2.05, 4.69) is 10.6 Å². The van der Waals surface area contributed by atoms with Gasteiger partial charge in [-0.05, 0) is 44.0 Å². The fraction of sp³-hybridized carbons (Fsp3) is 0.375. The van der Waals surface area contributed by atoms with E-state index >= 15 is 0 Å². The first kappa shape index (κ1) is 22.5. The van der Waals surface area contributed by atoms with Crippen molar-refractivity contribution in [3.63, 3.8) is 0 Å². The summed E-state index contributed by atoms with van der Waals surface area (Å²) in [7, 11) is 0. The number of carbonyl (C=O) groups is 3. The first-order valence-electron chi connectivity index (χ1n) is 10.7. The van der Waals surface area contributed by atoms with Crippen molar-refractivity contribution in [1.29, 1.82) is 0 Å². The number of piperazine rings is 1. The Morgan fingerprint density at radius 2 is 1.58 bits per heavy atom. The Hall–Kier alpha value is -3.19. The van der Waals surface area contributed by atoms with Crippen LogP contribution in [0.1, 0.15) is 28.4 Å². The summed E-state index contributed by atoms with van der Waals surface area (Å²) >= 11 is 0. The molecule has 3 rings (SSSR count). The number of amides is 3. The number of rotatable bonds is 6. The Kier molecular flexibility index (Phi) is 7.41. The van der Waals surface area contributed by atoms with Crippen molar-refractivity contribution in [1.82, 2.24) is 10.2 Å². The Morgan fingerprint density at radius 3 is 2.19 bits per heavy atom. The SMILES string of the molecule is Cc1cccc(C)c1NC(=O)CNC(=O)[C@H](C)[NH+]1CCN(C(=O)c2ccccc2)CC1. The molecule has 0 saturated carbocycles. The van der Waals surface area contributed by atoms with Gasteiger partial charge < -0.3 is 20.4 Å². The van der Waals surface area contributed by atoms with Crippen LogP contribution in [0.25, 0.3) is 0 Å². The Morgan fingerprint density at radius 1 is 0.968 bits per heavy atom. The monoisotopic (exact) mass is 423 g/mol. The third-order valence-electron chi connectivity index (χ3n) is 5.89. The fourth-order valence-corrected chi connectivity index (χ4v) is 3.89. The van der Waals surface area contributed by atoms with Crippen LogP contribution in [0.15, 0.2) is 48.5 Å². The van der Waals surface area contributed by atoms with Crippen molar-refractivity contribution in [2.45, 2.75) is 26.8 Å². The molecule has 1 atom stereocenters. The molecule has 0 spiro atoms. The molecule has 3 amide bonds. The second-order valence-corrected chi connectivity index (χ2v) is 8.07. The zero-order valence-electron chi connectivity index (χ0n) is 18.4. The molecule has 3 N–H and O–H groups in total. The van der Waals surface area contributed by atoms with Crippen molar-refractivity contribution in [2.75, 3.05) is 38.0 Å². The first-order chi connectivity index (χ1) is 14.9. The van der Waals surface area contributed by atoms with E-state index in [-0.39, 0.29) is 30.3 Å². The van der Waals surface area contributed by atoms with Gasteiger partial charge in [0.15, 0.2) is 6.04 Å². The highest BCUT2D eigenvalue weighted by molar-refractivity contribution is 5.96. The first-order valence-corrected chi connectivity index (χ1v) is 10.7. The van der Waals surface area contributed by atoms with Gasteiger partial charge in [0.1, 0.15) is 0 Å². The number of carbonyl (C=O) groups excluding carboxylic acids is 3. The summed E-state index contributed by atoms with van der Waals surface area (Å²) in [6, 6.07) is 14.8. The summed E-state index contributed by atoms with van der Waals surface area (Å²) in [6.45, 7) is 8.28. The van der Waals surface area contributed by atoms with Crippen LogP contribution < -0.4 is 15.5 Å². The van der Waals surface area contributed by atoms with Gasteiger partial charge in [0.05, 0.1) is 32.7 Å². The lowest BCUT2D eigenvalue weighted by Gasteiger charge is -2.34. The molecule has 1 aliphatic heterocycles. The van der Waals surface area contributed by atoms with Crippen molar-refractivity contribution >= 4 is 23.4 Å². The van der Waals surface area contributed by atoms with Crippen LogP contribution in [0.5, 0.6) is 0 Å². The summed E-state index contributed by atoms with van der Waals surface area (Å²) in [5.74, 6) is -0.374. The highest BCUT2D eigenvalue weighted by Gasteiger charge is 2.31. The van der Waals surface area contributed by atoms with Crippen LogP contribution in [-0.2, 0) is 9.59 Å². The highest BCUT2D eigenvalue weighted by atomic mass is 16.2. The van der Waals surface area contributed by atoms with Gasteiger partial charge >= 0.3 is 0 Å². The molecule has 0 unspecified atom stereocenters. The normalized spacial score (nSPS) is 15.3. The van der Waals surface area contributed by atoms with Gasteiger partial charge in [-0.25, -0.2) is 0 Å². The number of anilines is 1. The van der Waals surface area contributed by atoms with E-state index in [0.717, 1.165) is 21.7 Å². The second-order valence-electron chi connectivity index (χ2n) is 8.07. The summed E-state index contributed by atoms with van der Waals surface area (Å²) in [4.78, 5) is 40.4. The number of nitrogens with zero attached hydrogens (tertiary/aromatic N) is 1. The number of hydrogen-bond donors (Lipinski definition) is 3. The molecule has 0 aromatic heterocycles. The molecule has 1 heterocycles. The van der Waals surface area contributed by atoms with E-state index in [1.807, 2.05) is 74.2 Å². The van der Waals surface area contributed by atoms with Crippen molar-refractivity contribution < 1.29 is 19.3 Å². The number of para-hydroxylation sites is 1. The maximum atomic E-state index is 12.6. The minimum Gasteiger partial charge on any atom is -0.342 e. The molecule has 164 valence electrons. The maximum absolute atomic E-state index is 12.6. The number of aryl methyl sites for hydroxylation is 2. The number of hydrogen-bond acceptors (Lipinski definition) is 3.